The summed E-state index contributed by atoms with van der Waals surface area (Å²) in [6.45, 7) is 7.84. The monoisotopic (exact) mass is 511 g/mol. The zero-order valence-corrected chi connectivity index (χ0v) is 23.7. The van der Waals surface area contributed by atoms with Gasteiger partial charge in [-0.1, -0.05) is 93.7 Å². The topological polar surface area (TPSA) is 84.2 Å². The van der Waals surface area contributed by atoms with E-state index in [1.165, 1.54) is 0 Å². The number of rotatable bonds is 22. The van der Waals surface area contributed by atoms with Crippen molar-refractivity contribution in [2.24, 2.45) is 17.6 Å². The van der Waals surface area contributed by atoms with Gasteiger partial charge < -0.3 is 16.4 Å². The number of nitrogens with two attached hydrogens (primary N) is 1. The highest BCUT2D eigenvalue weighted by Crippen LogP contribution is 2.13. The number of carbonyl (C=O) groups is 2. The molecule has 0 aliphatic carbocycles. The van der Waals surface area contributed by atoms with Gasteiger partial charge in [0, 0.05) is 25.9 Å². The molecule has 37 heavy (non-hydrogen) atoms. The third-order valence-electron chi connectivity index (χ3n) is 5.52. The van der Waals surface area contributed by atoms with E-state index in [1.54, 1.807) is 0 Å². The van der Waals surface area contributed by atoms with Crippen LogP contribution in [0.25, 0.3) is 0 Å². The van der Waals surface area contributed by atoms with Gasteiger partial charge in [0.05, 0.1) is 0 Å². The van der Waals surface area contributed by atoms with Crippen LogP contribution in [0, 0.1) is 11.8 Å². The van der Waals surface area contributed by atoms with E-state index in [0.29, 0.717) is 38.4 Å². The molecular formula is C32H53N3O2. The van der Waals surface area contributed by atoms with Gasteiger partial charge in [-0.05, 0) is 69.7 Å². The van der Waals surface area contributed by atoms with Crippen LogP contribution in [0.4, 0.5) is 0 Å². The van der Waals surface area contributed by atoms with Crippen molar-refractivity contribution in [1.82, 2.24) is 10.6 Å². The average molecular weight is 512 g/mol. The lowest BCUT2D eigenvalue weighted by Crippen LogP contribution is -2.36. The molecule has 208 valence electrons. The summed E-state index contributed by atoms with van der Waals surface area (Å²) in [5.41, 5.74) is 5.75. The molecule has 0 aromatic heterocycles. The normalized spacial score (nSPS) is 13.4. The van der Waals surface area contributed by atoms with Crippen molar-refractivity contribution in [3.05, 3.63) is 72.9 Å². The van der Waals surface area contributed by atoms with Crippen molar-refractivity contribution in [3.63, 3.8) is 0 Å². The van der Waals surface area contributed by atoms with Gasteiger partial charge in [-0.25, -0.2) is 0 Å². The van der Waals surface area contributed by atoms with Crippen molar-refractivity contribution >= 4 is 11.8 Å². The summed E-state index contributed by atoms with van der Waals surface area (Å²) in [5, 5.41) is 5.71. The summed E-state index contributed by atoms with van der Waals surface area (Å²) in [5.74, 6) is 0.759. The molecule has 0 saturated heterocycles. The summed E-state index contributed by atoms with van der Waals surface area (Å²) in [4.78, 5) is 23.9. The van der Waals surface area contributed by atoms with Crippen LogP contribution >= 0.6 is 0 Å². The highest BCUT2D eigenvalue weighted by molar-refractivity contribution is 5.77. The number of amides is 2. The van der Waals surface area contributed by atoms with Gasteiger partial charge in [-0.2, -0.15) is 0 Å². The van der Waals surface area contributed by atoms with Crippen molar-refractivity contribution in [1.29, 1.82) is 0 Å². The predicted octanol–water partition coefficient (Wildman–Crippen LogP) is 6.71. The summed E-state index contributed by atoms with van der Waals surface area (Å²) < 4.78 is 0. The van der Waals surface area contributed by atoms with Gasteiger partial charge in [0.25, 0.3) is 0 Å². The summed E-state index contributed by atoms with van der Waals surface area (Å²) >= 11 is 0. The first-order valence-corrected chi connectivity index (χ1v) is 14.1. The van der Waals surface area contributed by atoms with E-state index in [0.717, 1.165) is 51.4 Å². The van der Waals surface area contributed by atoms with Crippen molar-refractivity contribution < 1.29 is 9.59 Å². The molecule has 5 heteroatoms. The number of allylic oxidation sites excluding steroid dienone is 12. The van der Waals surface area contributed by atoms with Gasteiger partial charge in [0.2, 0.25) is 11.8 Å². The molecule has 0 unspecified atom stereocenters. The average Bonchev–Trinajstić information content (AvgIpc) is 2.87. The largest absolute Gasteiger partial charge is 0.354 e. The Morgan fingerprint density at radius 1 is 0.676 bits per heavy atom. The van der Waals surface area contributed by atoms with Crippen LogP contribution in [0.15, 0.2) is 72.9 Å². The Balaban J connectivity index is 3.70. The molecule has 0 aromatic rings. The Labute approximate surface area is 227 Å². The van der Waals surface area contributed by atoms with E-state index < -0.39 is 0 Å². The Bertz CT molecular complexity index is 745. The third-order valence-corrected chi connectivity index (χ3v) is 5.52. The van der Waals surface area contributed by atoms with Crippen LogP contribution in [-0.2, 0) is 9.59 Å². The number of nitrogens with one attached hydrogen (secondary N) is 2. The lowest BCUT2D eigenvalue weighted by atomic mass is 9.94. The van der Waals surface area contributed by atoms with Gasteiger partial charge in [0.15, 0.2) is 0 Å². The lowest BCUT2D eigenvalue weighted by Gasteiger charge is -2.16. The lowest BCUT2D eigenvalue weighted by molar-refractivity contribution is -0.123. The molecular weight excluding hydrogens is 458 g/mol. The molecule has 2 amide bonds. The molecule has 1 atom stereocenters. The Kier molecular flexibility index (Phi) is 24.5. The third kappa shape index (κ3) is 26.2. The second-order valence-electron chi connectivity index (χ2n) is 9.59. The fraction of sp³-hybridized carbons (Fsp3) is 0.562. The fourth-order valence-electron chi connectivity index (χ4n) is 3.61. The first kappa shape index (κ1) is 34.3. The van der Waals surface area contributed by atoms with Gasteiger partial charge in [0.1, 0.15) is 0 Å². The van der Waals surface area contributed by atoms with Crippen LogP contribution < -0.4 is 16.4 Å². The minimum atomic E-state index is 0.00308. The molecule has 5 nitrogen and oxygen atoms in total. The molecule has 0 heterocycles. The molecule has 4 N–H and O–H groups in total. The summed E-state index contributed by atoms with van der Waals surface area (Å²) in [6, 6.07) is 0. The second-order valence-corrected chi connectivity index (χ2v) is 9.59. The van der Waals surface area contributed by atoms with Crippen LogP contribution in [0.2, 0.25) is 0 Å². The number of carbonyl (C=O) groups excluding carboxylic acids is 2. The summed E-state index contributed by atoms with van der Waals surface area (Å²) in [7, 11) is 0. The number of hydrogen-bond acceptors (Lipinski definition) is 3. The molecule has 0 bridgehead atoms. The Hall–Kier alpha value is -2.66. The minimum absolute atomic E-state index is 0.00308. The Morgan fingerprint density at radius 3 is 1.54 bits per heavy atom. The van der Waals surface area contributed by atoms with Crippen molar-refractivity contribution in [2.75, 3.05) is 19.6 Å². The first-order chi connectivity index (χ1) is 18.0. The van der Waals surface area contributed by atoms with E-state index in [2.05, 4.69) is 98.2 Å². The molecule has 0 saturated carbocycles. The summed E-state index contributed by atoms with van der Waals surface area (Å²) in [6.07, 6.45) is 34.5. The highest BCUT2D eigenvalue weighted by atomic mass is 16.2. The van der Waals surface area contributed by atoms with E-state index in [1.807, 2.05) is 6.08 Å². The van der Waals surface area contributed by atoms with Gasteiger partial charge >= 0.3 is 0 Å². The maximum atomic E-state index is 12.0. The maximum absolute atomic E-state index is 12.0. The zero-order chi connectivity index (χ0) is 27.4. The van der Waals surface area contributed by atoms with Crippen LogP contribution in [-0.4, -0.2) is 31.4 Å². The quantitative estimate of drug-likeness (QED) is 0.112. The van der Waals surface area contributed by atoms with E-state index in [-0.39, 0.29) is 17.7 Å². The molecule has 0 spiro atoms. The maximum Gasteiger partial charge on any atom is 0.220 e. The molecule has 0 aliphatic heterocycles. The van der Waals surface area contributed by atoms with E-state index in [9.17, 15) is 9.59 Å². The standard InChI is InChI=1S/C32H53N3O2/c1-4-5-6-7-8-9-10-11-12-13-14-15-16-17-18-19-20-21-22-23-31(36)34-24-25-35-32(37)27-30(28-33)26-29(2)3/h5-6,8-9,11-12,14-15,17-18,20-21,29-30H,4,7,10,13,16,19,22-28,33H2,1-3H3,(H,34,36)(H,35,37)/b6-5-,9-8-,12-11-,15-14-,18-17-,21-20-/t30-/m0/s1. The molecule has 0 fully saturated rings. The number of hydrogen-bond donors (Lipinski definition) is 3. The van der Waals surface area contributed by atoms with Gasteiger partial charge in [-0.3, -0.25) is 9.59 Å². The predicted molar refractivity (Wildman–Crippen MR) is 160 cm³/mol. The molecule has 0 rings (SSSR count). The highest BCUT2D eigenvalue weighted by Gasteiger charge is 2.13. The van der Waals surface area contributed by atoms with Crippen molar-refractivity contribution in [2.45, 2.75) is 85.0 Å². The smallest absolute Gasteiger partial charge is 0.220 e. The molecule has 0 aliphatic rings. The van der Waals surface area contributed by atoms with Crippen molar-refractivity contribution in [3.8, 4) is 0 Å². The van der Waals surface area contributed by atoms with Crippen LogP contribution in [0.3, 0.4) is 0 Å². The SMILES string of the molecule is CC/C=C\C/C=C\C/C=C\C/C=C\C/C=C\C/C=C\CCC(=O)NCCNC(=O)C[C@@H](CN)CC(C)C. The minimum Gasteiger partial charge on any atom is -0.354 e. The first-order valence-electron chi connectivity index (χ1n) is 14.1. The fourth-order valence-corrected chi connectivity index (χ4v) is 3.61. The molecule has 0 aromatic carbocycles. The Morgan fingerprint density at radius 2 is 1.11 bits per heavy atom. The van der Waals surface area contributed by atoms with Crippen LogP contribution in [0.5, 0.6) is 0 Å². The van der Waals surface area contributed by atoms with E-state index >= 15 is 0 Å². The molecule has 0 radical (unpaired) electrons. The zero-order valence-electron chi connectivity index (χ0n) is 23.7. The van der Waals surface area contributed by atoms with Crippen LogP contribution in [0.1, 0.15) is 85.0 Å². The van der Waals surface area contributed by atoms with E-state index in [4.69, 9.17) is 5.73 Å². The second kappa shape index (κ2) is 26.4. The van der Waals surface area contributed by atoms with Gasteiger partial charge in [-0.15, -0.1) is 0 Å².